The normalized spacial score (nSPS) is 21.8. The summed E-state index contributed by atoms with van der Waals surface area (Å²) in [6, 6.07) is -0.140. The summed E-state index contributed by atoms with van der Waals surface area (Å²) in [5.41, 5.74) is 0. The fourth-order valence-electron chi connectivity index (χ4n) is 2.94. The standard InChI is InChI=1S/C14H23NO3/c16-13(8-5-10-3-1-2-4-10)15-12(9-14(17)18)11-6-7-11/h10-12H,1-9H2,(H,15,16)(H,17,18). The molecular formula is C14H23NO3. The van der Waals surface area contributed by atoms with Crippen molar-refractivity contribution in [1.82, 2.24) is 5.32 Å². The van der Waals surface area contributed by atoms with Crippen LogP contribution in [0.2, 0.25) is 0 Å². The lowest BCUT2D eigenvalue weighted by atomic mass is 10.0. The van der Waals surface area contributed by atoms with E-state index in [9.17, 15) is 9.59 Å². The average Bonchev–Trinajstić information content (AvgIpc) is 3.02. The molecule has 102 valence electrons. The van der Waals surface area contributed by atoms with E-state index in [1.54, 1.807) is 0 Å². The molecule has 4 nitrogen and oxygen atoms in total. The molecule has 0 aromatic rings. The van der Waals surface area contributed by atoms with Gasteiger partial charge in [-0.3, -0.25) is 9.59 Å². The van der Waals surface area contributed by atoms with E-state index >= 15 is 0 Å². The zero-order valence-corrected chi connectivity index (χ0v) is 10.9. The lowest BCUT2D eigenvalue weighted by Crippen LogP contribution is -2.38. The van der Waals surface area contributed by atoms with E-state index in [-0.39, 0.29) is 18.4 Å². The van der Waals surface area contributed by atoms with Crippen molar-refractivity contribution in [3.8, 4) is 0 Å². The van der Waals surface area contributed by atoms with Gasteiger partial charge in [0.15, 0.2) is 0 Å². The monoisotopic (exact) mass is 253 g/mol. The molecule has 18 heavy (non-hydrogen) atoms. The largest absolute Gasteiger partial charge is 0.481 e. The Labute approximate surface area is 108 Å². The predicted octanol–water partition coefficient (Wildman–Crippen LogP) is 2.33. The summed E-state index contributed by atoms with van der Waals surface area (Å²) in [7, 11) is 0. The van der Waals surface area contributed by atoms with Crippen molar-refractivity contribution in [1.29, 1.82) is 0 Å². The molecule has 4 heteroatoms. The van der Waals surface area contributed by atoms with Gasteiger partial charge in [0, 0.05) is 12.5 Å². The molecule has 1 atom stereocenters. The van der Waals surface area contributed by atoms with E-state index in [1.807, 2.05) is 0 Å². The molecule has 2 N–H and O–H groups in total. The molecule has 0 spiro atoms. The summed E-state index contributed by atoms with van der Waals surface area (Å²) in [6.07, 6.45) is 8.83. The fraction of sp³-hybridized carbons (Fsp3) is 0.857. The van der Waals surface area contributed by atoms with Crippen molar-refractivity contribution < 1.29 is 14.7 Å². The number of nitrogens with one attached hydrogen (secondary N) is 1. The average molecular weight is 253 g/mol. The van der Waals surface area contributed by atoms with E-state index in [0.717, 1.165) is 25.2 Å². The molecule has 0 radical (unpaired) electrons. The number of hydrogen-bond donors (Lipinski definition) is 2. The predicted molar refractivity (Wildman–Crippen MR) is 68.1 cm³/mol. The lowest BCUT2D eigenvalue weighted by molar-refractivity contribution is -0.137. The minimum absolute atomic E-state index is 0.0417. The van der Waals surface area contributed by atoms with E-state index < -0.39 is 5.97 Å². The molecule has 2 saturated carbocycles. The van der Waals surface area contributed by atoms with Gasteiger partial charge in [0.1, 0.15) is 0 Å². The first-order valence-electron chi connectivity index (χ1n) is 7.16. The molecule has 0 aromatic heterocycles. The van der Waals surface area contributed by atoms with Gasteiger partial charge in [-0.2, -0.15) is 0 Å². The summed E-state index contributed by atoms with van der Waals surface area (Å²) < 4.78 is 0. The molecule has 2 fully saturated rings. The van der Waals surface area contributed by atoms with Gasteiger partial charge in [-0.1, -0.05) is 25.7 Å². The fourth-order valence-corrected chi connectivity index (χ4v) is 2.94. The maximum atomic E-state index is 11.8. The van der Waals surface area contributed by atoms with Crippen molar-refractivity contribution in [2.24, 2.45) is 11.8 Å². The van der Waals surface area contributed by atoms with Crippen LogP contribution in [0, 0.1) is 11.8 Å². The number of carboxylic acid groups (broad SMARTS) is 1. The first kappa shape index (κ1) is 13.4. The van der Waals surface area contributed by atoms with Crippen LogP contribution in [0.1, 0.15) is 57.8 Å². The lowest BCUT2D eigenvalue weighted by Gasteiger charge is -2.17. The maximum Gasteiger partial charge on any atom is 0.305 e. The van der Waals surface area contributed by atoms with Crippen LogP contribution >= 0.6 is 0 Å². The molecule has 2 aliphatic carbocycles. The van der Waals surface area contributed by atoms with Crippen molar-refractivity contribution in [2.45, 2.75) is 63.8 Å². The number of hydrogen-bond acceptors (Lipinski definition) is 2. The van der Waals surface area contributed by atoms with Crippen LogP contribution in [0.3, 0.4) is 0 Å². The third-order valence-electron chi connectivity index (χ3n) is 4.19. The summed E-state index contributed by atoms with van der Waals surface area (Å²) in [5.74, 6) is 0.342. The molecule has 2 aliphatic rings. The van der Waals surface area contributed by atoms with Crippen molar-refractivity contribution in [3.63, 3.8) is 0 Å². The molecule has 1 unspecified atom stereocenters. The Morgan fingerprint density at radius 3 is 2.39 bits per heavy atom. The Morgan fingerprint density at radius 1 is 1.17 bits per heavy atom. The zero-order valence-electron chi connectivity index (χ0n) is 10.9. The van der Waals surface area contributed by atoms with Gasteiger partial charge in [-0.15, -0.1) is 0 Å². The van der Waals surface area contributed by atoms with Crippen molar-refractivity contribution in [3.05, 3.63) is 0 Å². The van der Waals surface area contributed by atoms with Gasteiger partial charge in [0.05, 0.1) is 6.42 Å². The van der Waals surface area contributed by atoms with Crippen LogP contribution in [-0.2, 0) is 9.59 Å². The number of aliphatic carboxylic acids is 1. The van der Waals surface area contributed by atoms with E-state index in [4.69, 9.17) is 5.11 Å². The highest BCUT2D eigenvalue weighted by atomic mass is 16.4. The zero-order chi connectivity index (χ0) is 13.0. The maximum absolute atomic E-state index is 11.8. The van der Waals surface area contributed by atoms with Crippen LogP contribution in [0.15, 0.2) is 0 Å². The Bertz CT molecular complexity index is 306. The van der Waals surface area contributed by atoms with Crippen LogP contribution in [0.4, 0.5) is 0 Å². The van der Waals surface area contributed by atoms with Gasteiger partial charge >= 0.3 is 5.97 Å². The third kappa shape index (κ3) is 4.31. The van der Waals surface area contributed by atoms with E-state index in [0.29, 0.717) is 12.3 Å². The highest BCUT2D eigenvalue weighted by molar-refractivity contribution is 5.77. The molecule has 0 heterocycles. The molecule has 0 bridgehead atoms. The highest BCUT2D eigenvalue weighted by Gasteiger charge is 2.33. The van der Waals surface area contributed by atoms with Gasteiger partial charge in [0.2, 0.25) is 5.91 Å². The second-order valence-corrected chi connectivity index (χ2v) is 5.80. The Hall–Kier alpha value is -1.06. The third-order valence-corrected chi connectivity index (χ3v) is 4.19. The number of carbonyl (C=O) groups excluding carboxylic acids is 1. The minimum Gasteiger partial charge on any atom is -0.481 e. The smallest absolute Gasteiger partial charge is 0.305 e. The van der Waals surface area contributed by atoms with E-state index in [1.165, 1.54) is 25.7 Å². The molecule has 0 aliphatic heterocycles. The van der Waals surface area contributed by atoms with Crippen LogP contribution < -0.4 is 5.32 Å². The number of amides is 1. The summed E-state index contributed by atoms with van der Waals surface area (Å²) >= 11 is 0. The van der Waals surface area contributed by atoms with Gasteiger partial charge in [0.25, 0.3) is 0 Å². The Balaban J connectivity index is 1.68. The number of carboxylic acids is 1. The highest BCUT2D eigenvalue weighted by Crippen LogP contribution is 2.34. The van der Waals surface area contributed by atoms with Crippen LogP contribution in [0.25, 0.3) is 0 Å². The summed E-state index contributed by atoms with van der Waals surface area (Å²) in [5, 5.41) is 11.7. The van der Waals surface area contributed by atoms with Crippen molar-refractivity contribution >= 4 is 11.9 Å². The summed E-state index contributed by atoms with van der Waals surface area (Å²) in [4.78, 5) is 22.6. The summed E-state index contributed by atoms with van der Waals surface area (Å²) in [6.45, 7) is 0. The quantitative estimate of drug-likeness (QED) is 0.731. The first-order chi connectivity index (χ1) is 8.65. The first-order valence-corrected chi connectivity index (χ1v) is 7.16. The SMILES string of the molecule is O=C(O)CC(NC(=O)CCC1CCCC1)C1CC1. The number of carbonyl (C=O) groups is 2. The Morgan fingerprint density at radius 2 is 1.83 bits per heavy atom. The Kier molecular flexibility index (Phi) is 4.61. The van der Waals surface area contributed by atoms with Gasteiger partial charge < -0.3 is 10.4 Å². The topological polar surface area (TPSA) is 66.4 Å². The second kappa shape index (κ2) is 6.21. The number of rotatable bonds is 7. The molecule has 0 aromatic carbocycles. The molecule has 0 saturated heterocycles. The molecular weight excluding hydrogens is 230 g/mol. The second-order valence-electron chi connectivity index (χ2n) is 5.80. The molecule has 2 rings (SSSR count). The molecule has 1 amide bonds. The van der Waals surface area contributed by atoms with Gasteiger partial charge in [-0.05, 0) is 31.1 Å². The van der Waals surface area contributed by atoms with E-state index in [2.05, 4.69) is 5.32 Å². The minimum atomic E-state index is -0.817. The van der Waals surface area contributed by atoms with Gasteiger partial charge in [-0.25, -0.2) is 0 Å². The van der Waals surface area contributed by atoms with Crippen LogP contribution in [-0.4, -0.2) is 23.0 Å². The van der Waals surface area contributed by atoms with Crippen molar-refractivity contribution in [2.75, 3.05) is 0 Å². The van der Waals surface area contributed by atoms with Crippen LogP contribution in [0.5, 0.6) is 0 Å².